The number of benzene rings is 2. The molecule has 2 heterocycles. The Morgan fingerprint density at radius 2 is 1.70 bits per heavy atom. The van der Waals surface area contributed by atoms with Gasteiger partial charge in [0, 0.05) is 36.9 Å². The molecule has 2 aromatic carbocycles. The summed E-state index contributed by atoms with van der Waals surface area (Å²) in [5.41, 5.74) is 4.95. The highest BCUT2D eigenvalue weighted by Crippen LogP contribution is 2.51. The Bertz CT molecular complexity index is 1220. The average molecular weight is 372 g/mol. The molecule has 0 atom stereocenters. The van der Waals surface area contributed by atoms with Crippen LogP contribution in [0.25, 0.3) is 29.3 Å². The van der Waals surface area contributed by atoms with E-state index in [4.69, 9.17) is 0 Å². The van der Waals surface area contributed by atoms with Crippen molar-refractivity contribution in [2.45, 2.75) is 38.0 Å². The molecule has 1 nitrogen and oxygen atoms in total. The van der Waals surface area contributed by atoms with E-state index in [2.05, 4.69) is 100 Å². The third-order valence-corrected chi connectivity index (χ3v) is 6.73. The van der Waals surface area contributed by atoms with E-state index in [9.17, 15) is 0 Å². The predicted molar refractivity (Wildman–Crippen MR) is 120 cm³/mol. The van der Waals surface area contributed by atoms with Crippen molar-refractivity contribution in [2.24, 2.45) is 0 Å². The Labute approximate surface area is 165 Å². The molecule has 3 aromatic rings. The van der Waals surface area contributed by atoms with Crippen LogP contribution < -0.4 is 10.6 Å². The molecule has 0 amide bonds. The van der Waals surface area contributed by atoms with Gasteiger partial charge in [-0.3, -0.25) is 0 Å². The van der Waals surface area contributed by atoms with E-state index in [1.54, 1.807) is 11.8 Å². The Morgan fingerprint density at radius 3 is 2.44 bits per heavy atom. The van der Waals surface area contributed by atoms with Gasteiger partial charge in [0.05, 0.1) is 5.52 Å². The summed E-state index contributed by atoms with van der Waals surface area (Å²) in [6.07, 6.45) is 2.16. The maximum Gasteiger partial charge on any atom is 0.0537 e. The van der Waals surface area contributed by atoms with Gasteiger partial charge in [-0.15, -0.1) is 0 Å². The lowest BCUT2D eigenvalue weighted by Crippen LogP contribution is -2.31. The zero-order valence-electron chi connectivity index (χ0n) is 16.5. The van der Waals surface area contributed by atoms with E-state index >= 15 is 0 Å². The van der Waals surface area contributed by atoms with Crippen molar-refractivity contribution in [1.82, 2.24) is 4.57 Å². The molecule has 2 heteroatoms. The van der Waals surface area contributed by atoms with Crippen LogP contribution >= 0.6 is 11.8 Å². The Hall–Kier alpha value is -2.45. The standard InChI is InChI=1S/C25H25NS/c1-7-19-16(2)26(22-14-10-8-12-20(19)22)17(3)24-18(4)27-23-15-11-9-13-21(23)25(24,5)6/h7-15H,2,4H2,1,3,5-6H3/b19-7+,24-17-. The highest BCUT2D eigenvalue weighted by Gasteiger charge is 2.36. The Kier molecular flexibility index (Phi) is 4.20. The maximum atomic E-state index is 4.44. The van der Waals surface area contributed by atoms with Crippen LogP contribution in [-0.2, 0) is 5.41 Å². The number of hydrogen-bond donors (Lipinski definition) is 0. The van der Waals surface area contributed by atoms with Gasteiger partial charge in [0.1, 0.15) is 0 Å². The summed E-state index contributed by atoms with van der Waals surface area (Å²) >= 11 is 1.78. The molecule has 27 heavy (non-hydrogen) atoms. The Morgan fingerprint density at radius 1 is 1.04 bits per heavy atom. The molecule has 0 spiro atoms. The predicted octanol–water partition coefficient (Wildman–Crippen LogP) is 5.68. The molecule has 1 aliphatic heterocycles. The van der Waals surface area contributed by atoms with Crippen LogP contribution in [0.2, 0.25) is 0 Å². The van der Waals surface area contributed by atoms with Crippen LogP contribution in [0.3, 0.4) is 0 Å². The molecule has 0 radical (unpaired) electrons. The summed E-state index contributed by atoms with van der Waals surface area (Å²) in [4.78, 5) is 2.43. The number of fused-ring (bicyclic) bond motifs is 2. The second kappa shape index (κ2) is 6.31. The van der Waals surface area contributed by atoms with Crippen LogP contribution in [0.1, 0.15) is 33.3 Å². The minimum atomic E-state index is -0.114. The van der Waals surface area contributed by atoms with Gasteiger partial charge in [-0.2, -0.15) is 0 Å². The number of nitrogens with zero attached hydrogens (tertiary/aromatic N) is 1. The third kappa shape index (κ3) is 2.55. The zero-order chi connectivity index (χ0) is 19.3. The average Bonchev–Trinajstić information content (AvgIpc) is 2.92. The van der Waals surface area contributed by atoms with Gasteiger partial charge in [-0.25, -0.2) is 0 Å². The van der Waals surface area contributed by atoms with Crippen LogP contribution in [0.4, 0.5) is 0 Å². The van der Waals surface area contributed by atoms with Crippen molar-refractivity contribution in [3.63, 3.8) is 0 Å². The van der Waals surface area contributed by atoms with Crippen LogP contribution in [0.5, 0.6) is 0 Å². The molecule has 0 saturated carbocycles. The fourth-order valence-electron chi connectivity index (χ4n) is 4.53. The molecular formula is C25H25NS. The van der Waals surface area contributed by atoms with Crippen molar-refractivity contribution in [3.8, 4) is 0 Å². The quantitative estimate of drug-likeness (QED) is 0.533. The molecule has 0 aliphatic carbocycles. The second-order valence-corrected chi connectivity index (χ2v) is 8.75. The second-order valence-electron chi connectivity index (χ2n) is 7.61. The number of allylic oxidation sites excluding steroid dienone is 2. The van der Waals surface area contributed by atoms with E-state index in [1.807, 2.05) is 0 Å². The molecular weight excluding hydrogens is 346 g/mol. The first-order valence-corrected chi connectivity index (χ1v) is 10.1. The van der Waals surface area contributed by atoms with Gasteiger partial charge in [0.15, 0.2) is 0 Å². The minimum absolute atomic E-state index is 0.114. The molecule has 0 saturated heterocycles. The zero-order valence-corrected chi connectivity index (χ0v) is 17.3. The largest absolute Gasteiger partial charge is 0.314 e. The fourth-order valence-corrected chi connectivity index (χ4v) is 5.88. The van der Waals surface area contributed by atoms with E-state index in [-0.39, 0.29) is 5.41 Å². The lowest BCUT2D eigenvalue weighted by Gasteiger charge is -2.37. The lowest BCUT2D eigenvalue weighted by atomic mass is 9.76. The summed E-state index contributed by atoms with van der Waals surface area (Å²) in [5, 5.41) is 3.49. The first-order chi connectivity index (χ1) is 12.9. The molecule has 0 bridgehead atoms. The maximum absolute atomic E-state index is 4.44. The van der Waals surface area contributed by atoms with Crippen molar-refractivity contribution in [1.29, 1.82) is 0 Å². The number of rotatable bonds is 1. The van der Waals surface area contributed by atoms with Gasteiger partial charge >= 0.3 is 0 Å². The van der Waals surface area contributed by atoms with E-state index in [1.165, 1.54) is 37.9 Å². The van der Waals surface area contributed by atoms with Gasteiger partial charge in [-0.1, -0.05) is 81.2 Å². The Balaban J connectivity index is 2.09. The molecule has 0 unspecified atom stereocenters. The normalized spacial score (nSPS) is 18.7. The van der Waals surface area contributed by atoms with Gasteiger partial charge in [0.2, 0.25) is 0 Å². The topological polar surface area (TPSA) is 4.93 Å². The number of aromatic nitrogens is 1. The van der Waals surface area contributed by atoms with Gasteiger partial charge in [-0.05, 0) is 37.1 Å². The van der Waals surface area contributed by atoms with E-state index < -0.39 is 0 Å². The molecule has 4 rings (SSSR count). The SMILES string of the molecule is C=C1Sc2ccccc2C(C)(C)/C1=C(/C)n1c(=C)/c(=C\C)c2ccccc21. The molecule has 0 N–H and O–H groups in total. The van der Waals surface area contributed by atoms with Gasteiger partial charge in [0.25, 0.3) is 0 Å². The third-order valence-electron chi connectivity index (χ3n) is 5.70. The highest BCUT2D eigenvalue weighted by atomic mass is 32.2. The first kappa shape index (κ1) is 17.9. The van der Waals surface area contributed by atoms with E-state index in [0.717, 1.165) is 10.3 Å². The highest BCUT2D eigenvalue weighted by molar-refractivity contribution is 8.03. The molecule has 0 fully saturated rings. The minimum Gasteiger partial charge on any atom is -0.314 e. The van der Waals surface area contributed by atoms with Crippen molar-refractivity contribution in [2.75, 3.05) is 0 Å². The van der Waals surface area contributed by atoms with E-state index in [0.29, 0.717) is 0 Å². The number of hydrogen-bond acceptors (Lipinski definition) is 1. The van der Waals surface area contributed by atoms with Crippen molar-refractivity contribution >= 4 is 41.0 Å². The molecule has 1 aromatic heterocycles. The molecule has 136 valence electrons. The van der Waals surface area contributed by atoms with Gasteiger partial charge < -0.3 is 4.57 Å². The monoisotopic (exact) mass is 371 g/mol. The van der Waals surface area contributed by atoms with Crippen molar-refractivity contribution < 1.29 is 0 Å². The number of para-hydroxylation sites is 1. The summed E-state index contributed by atoms with van der Waals surface area (Å²) in [6, 6.07) is 17.2. The van der Waals surface area contributed by atoms with Crippen LogP contribution in [0.15, 0.2) is 70.5 Å². The summed E-state index contributed by atoms with van der Waals surface area (Å²) < 4.78 is 2.31. The van der Waals surface area contributed by atoms with Crippen LogP contribution in [-0.4, -0.2) is 4.57 Å². The first-order valence-electron chi connectivity index (χ1n) is 9.31. The smallest absolute Gasteiger partial charge is 0.0537 e. The fraction of sp³-hybridized carbons (Fsp3) is 0.200. The van der Waals surface area contributed by atoms with Crippen LogP contribution in [0, 0.1) is 0 Å². The summed E-state index contributed by atoms with van der Waals surface area (Å²) in [7, 11) is 0. The summed E-state index contributed by atoms with van der Waals surface area (Å²) in [5.74, 6) is 0. The van der Waals surface area contributed by atoms with Crippen molar-refractivity contribution in [3.05, 3.63) is 81.7 Å². The number of thioether (sulfide) groups is 1. The molecule has 1 aliphatic rings. The summed E-state index contributed by atoms with van der Waals surface area (Å²) in [6.45, 7) is 17.8. The lowest BCUT2D eigenvalue weighted by molar-refractivity contribution is 0.616.